The van der Waals surface area contributed by atoms with Crippen LogP contribution in [0.25, 0.3) is 21.9 Å². The van der Waals surface area contributed by atoms with Gasteiger partial charge in [0.2, 0.25) is 0 Å². The van der Waals surface area contributed by atoms with Gasteiger partial charge in [-0.25, -0.2) is 9.18 Å². The molecule has 3 aromatic carbocycles. The van der Waals surface area contributed by atoms with Crippen molar-refractivity contribution in [1.82, 2.24) is 9.88 Å². The van der Waals surface area contributed by atoms with Gasteiger partial charge in [-0.2, -0.15) is 0 Å². The number of carbonyl (C=O) groups excluding carboxylic acids is 1. The summed E-state index contributed by atoms with van der Waals surface area (Å²) in [4.78, 5) is 26.4. The molecule has 0 aliphatic rings. The molecule has 0 radical (unpaired) electrons. The Kier molecular flexibility index (Phi) is 8.38. The molecule has 0 saturated heterocycles. The third-order valence-corrected chi connectivity index (χ3v) is 6.08. The normalized spacial score (nSPS) is 11.6. The fourth-order valence-electron chi connectivity index (χ4n) is 4.46. The van der Waals surface area contributed by atoms with Crippen LogP contribution in [0.2, 0.25) is 0 Å². The molecule has 0 aliphatic heterocycles. The second-order valence-electron chi connectivity index (χ2n) is 11.0. The number of halogens is 1. The lowest BCUT2D eigenvalue weighted by molar-refractivity contribution is 0.0522. The number of pyridine rings is 1. The maximum atomic E-state index is 13.9. The number of ether oxygens (including phenoxy) is 2. The van der Waals surface area contributed by atoms with Gasteiger partial charge >= 0.3 is 6.09 Å². The van der Waals surface area contributed by atoms with Gasteiger partial charge in [0.05, 0.1) is 6.54 Å². The van der Waals surface area contributed by atoms with E-state index in [0.717, 1.165) is 16.7 Å². The highest BCUT2D eigenvalue weighted by atomic mass is 19.1. The monoisotopic (exact) mass is 530 g/mol. The molecular formula is C32H35FN2O4. The number of rotatable bonds is 8. The molecule has 6 nitrogen and oxygen atoms in total. The predicted octanol–water partition coefficient (Wildman–Crippen LogP) is 7.07. The molecule has 0 saturated carbocycles. The molecule has 0 fully saturated rings. The van der Waals surface area contributed by atoms with E-state index in [1.807, 2.05) is 50.2 Å². The zero-order valence-electron chi connectivity index (χ0n) is 23.1. The van der Waals surface area contributed by atoms with Crippen molar-refractivity contribution in [2.45, 2.75) is 59.9 Å². The molecule has 1 heterocycles. The molecule has 0 bridgehead atoms. The highest BCUT2D eigenvalue weighted by molar-refractivity contribution is 5.98. The third-order valence-electron chi connectivity index (χ3n) is 6.08. The van der Waals surface area contributed by atoms with Gasteiger partial charge in [0.1, 0.15) is 23.8 Å². The van der Waals surface area contributed by atoms with Crippen molar-refractivity contribution in [1.29, 1.82) is 0 Å². The summed E-state index contributed by atoms with van der Waals surface area (Å²) in [5.41, 5.74) is 2.24. The van der Waals surface area contributed by atoms with Gasteiger partial charge in [0.25, 0.3) is 5.56 Å². The van der Waals surface area contributed by atoms with Crippen molar-refractivity contribution in [3.05, 3.63) is 100 Å². The number of aromatic nitrogens is 1. The van der Waals surface area contributed by atoms with E-state index in [1.165, 1.54) is 12.1 Å². The zero-order chi connectivity index (χ0) is 28.2. The van der Waals surface area contributed by atoms with Crippen LogP contribution in [0.5, 0.6) is 5.75 Å². The van der Waals surface area contributed by atoms with Crippen LogP contribution in [0.4, 0.5) is 9.18 Å². The molecular weight excluding hydrogens is 495 g/mol. The third kappa shape index (κ3) is 7.05. The van der Waals surface area contributed by atoms with E-state index < -0.39 is 11.7 Å². The molecule has 39 heavy (non-hydrogen) atoms. The first-order chi connectivity index (χ1) is 18.5. The molecule has 0 atom stereocenters. The first-order valence-electron chi connectivity index (χ1n) is 13.1. The number of benzene rings is 3. The largest absolute Gasteiger partial charge is 0.489 e. The minimum atomic E-state index is -0.671. The van der Waals surface area contributed by atoms with Crippen molar-refractivity contribution >= 4 is 16.9 Å². The molecule has 7 heteroatoms. The molecule has 0 aliphatic carbocycles. The Hall–Kier alpha value is -4.13. The predicted molar refractivity (Wildman–Crippen MR) is 152 cm³/mol. The van der Waals surface area contributed by atoms with Crippen LogP contribution in [-0.2, 0) is 24.4 Å². The SMILES string of the molecule is CC(C)Cn1c(CNC(=O)OC(C)(C)C)c(-c2ccc(F)cc2)c2cc(OCc3ccccc3)ccc2c1=O. The van der Waals surface area contributed by atoms with Crippen LogP contribution in [0.3, 0.4) is 0 Å². The van der Waals surface area contributed by atoms with Crippen LogP contribution < -0.4 is 15.6 Å². The lowest BCUT2D eigenvalue weighted by atomic mass is 9.96. The first-order valence-corrected chi connectivity index (χ1v) is 13.1. The molecule has 204 valence electrons. The summed E-state index contributed by atoms with van der Waals surface area (Å²) >= 11 is 0. The quantitative estimate of drug-likeness (QED) is 0.265. The topological polar surface area (TPSA) is 69.6 Å². The number of carbonyl (C=O) groups is 1. The Labute approximate surface area is 228 Å². The molecule has 0 spiro atoms. The van der Waals surface area contributed by atoms with Crippen LogP contribution in [0.1, 0.15) is 45.9 Å². The average molecular weight is 531 g/mol. The lowest BCUT2D eigenvalue weighted by Gasteiger charge is -2.23. The van der Waals surface area contributed by atoms with E-state index in [9.17, 15) is 14.0 Å². The van der Waals surface area contributed by atoms with Crippen LogP contribution in [-0.4, -0.2) is 16.3 Å². The Balaban J connectivity index is 1.88. The van der Waals surface area contributed by atoms with Gasteiger partial charge in [0, 0.05) is 28.6 Å². The Morgan fingerprint density at radius 2 is 1.67 bits per heavy atom. The summed E-state index contributed by atoms with van der Waals surface area (Å²) in [6.45, 7) is 10.3. The number of hydrogen-bond donors (Lipinski definition) is 1. The van der Waals surface area contributed by atoms with Crippen molar-refractivity contribution in [3.63, 3.8) is 0 Å². The van der Waals surface area contributed by atoms with Crippen molar-refractivity contribution in [2.24, 2.45) is 5.92 Å². The Morgan fingerprint density at radius 3 is 2.31 bits per heavy atom. The van der Waals surface area contributed by atoms with Crippen LogP contribution >= 0.6 is 0 Å². The van der Waals surface area contributed by atoms with Gasteiger partial charge in [-0.15, -0.1) is 0 Å². The fourth-order valence-corrected chi connectivity index (χ4v) is 4.46. The van der Waals surface area contributed by atoms with Crippen LogP contribution in [0.15, 0.2) is 77.6 Å². The van der Waals surface area contributed by atoms with Gasteiger partial charge < -0.3 is 19.4 Å². The summed E-state index contributed by atoms with van der Waals surface area (Å²) in [6.07, 6.45) is -0.587. The van der Waals surface area contributed by atoms with E-state index in [0.29, 0.717) is 35.4 Å². The lowest BCUT2D eigenvalue weighted by Crippen LogP contribution is -2.35. The molecule has 1 amide bonds. The molecule has 1 aromatic heterocycles. The fraction of sp³-hybridized carbons (Fsp3) is 0.312. The minimum Gasteiger partial charge on any atom is -0.489 e. The number of nitrogens with one attached hydrogen (secondary N) is 1. The number of amides is 1. The Morgan fingerprint density at radius 1 is 0.974 bits per heavy atom. The number of fused-ring (bicyclic) bond motifs is 1. The van der Waals surface area contributed by atoms with E-state index >= 15 is 0 Å². The van der Waals surface area contributed by atoms with Crippen molar-refractivity contribution in [2.75, 3.05) is 0 Å². The summed E-state index contributed by atoms with van der Waals surface area (Å²) in [7, 11) is 0. The Bertz CT molecular complexity index is 1500. The van der Waals surface area contributed by atoms with E-state index in [1.54, 1.807) is 49.6 Å². The van der Waals surface area contributed by atoms with Gasteiger partial charge in [-0.05, 0) is 68.1 Å². The van der Waals surface area contributed by atoms with E-state index in [4.69, 9.17) is 9.47 Å². The summed E-state index contributed by atoms with van der Waals surface area (Å²) in [5.74, 6) is 0.399. The average Bonchev–Trinajstić information content (AvgIpc) is 2.88. The first kappa shape index (κ1) is 27.9. The highest BCUT2D eigenvalue weighted by Crippen LogP contribution is 2.34. The van der Waals surface area contributed by atoms with E-state index in [2.05, 4.69) is 5.32 Å². The van der Waals surface area contributed by atoms with Gasteiger partial charge in [-0.1, -0.05) is 56.3 Å². The summed E-state index contributed by atoms with van der Waals surface area (Å²) in [6, 6.07) is 21.4. The maximum absolute atomic E-state index is 13.9. The second kappa shape index (κ2) is 11.7. The molecule has 4 rings (SSSR count). The van der Waals surface area contributed by atoms with Gasteiger partial charge in [-0.3, -0.25) is 4.79 Å². The van der Waals surface area contributed by atoms with E-state index in [-0.39, 0.29) is 23.8 Å². The summed E-state index contributed by atoms with van der Waals surface area (Å²) in [5, 5.41) is 4.00. The van der Waals surface area contributed by atoms with Crippen molar-refractivity contribution in [3.8, 4) is 16.9 Å². The summed E-state index contributed by atoms with van der Waals surface area (Å²) < 4.78 is 27.1. The smallest absolute Gasteiger partial charge is 0.407 e. The maximum Gasteiger partial charge on any atom is 0.407 e. The highest BCUT2D eigenvalue weighted by Gasteiger charge is 2.22. The zero-order valence-corrected chi connectivity index (χ0v) is 23.1. The standard InChI is InChI=1S/C32H35FN2O4/c1-21(2)19-35-28(18-34-31(37)39-32(3,4)5)29(23-11-13-24(33)14-12-23)27-17-25(15-16-26(27)30(35)36)38-20-22-9-7-6-8-10-22/h6-17,21H,18-20H2,1-5H3,(H,34,37). The van der Waals surface area contributed by atoms with Crippen LogP contribution in [0, 0.1) is 11.7 Å². The number of alkyl carbamates (subject to hydrolysis) is 1. The molecule has 0 unspecified atom stereocenters. The van der Waals surface area contributed by atoms with Gasteiger partial charge in [0.15, 0.2) is 0 Å². The second-order valence-corrected chi connectivity index (χ2v) is 11.0. The molecule has 1 N–H and O–H groups in total. The van der Waals surface area contributed by atoms with Crippen molar-refractivity contribution < 1.29 is 18.7 Å². The number of hydrogen-bond acceptors (Lipinski definition) is 4. The molecule has 4 aromatic rings. The minimum absolute atomic E-state index is 0.0502. The number of nitrogens with zero attached hydrogens (tertiary/aromatic N) is 1.